The van der Waals surface area contributed by atoms with Crippen LogP contribution in [-0.4, -0.2) is 15.9 Å². The zero-order valence-electron chi connectivity index (χ0n) is 10.2. The maximum atomic E-state index is 13.9. The molecule has 0 radical (unpaired) electrons. The highest BCUT2D eigenvalue weighted by molar-refractivity contribution is 5.94. The maximum absolute atomic E-state index is 13.9. The second kappa shape index (κ2) is 4.72. The van der Waals surface area contributed by atoms with Gasteiger partial charge in [0.1, 0.15) is 11.6 Å². The number of aromatic nitrogens is 2. The van der Waals surface area contributed by atoms with Crippen LogP contribution in [0, 0.1) is 5.82 Å². The molecule has 1 aromatic carbocycles. The van der Waals surface area contributed by atoms with Gasteiger partial charge in [0.2, 0.25) is 5.91 Å². The second-order valence-corrected chi connectivity index (χ2v) is 4.43. The third kappa shape index (κ3) is 2.42. The lowest BCUT2D eigenvalue weighted by molar-refractivity contribution is -0.116. The van der Waals surface area contributed by atoms with Crippen LogP contribution in [-0.2, 0) is 17.8 Å². The number of carbonyl (C=O) groups excluding carboxylic acids is 1. The molecule has 2 heterocycles. The highest BCUT2D eigenvalue weighted by Gasteiger charge is 2.17. The van der Waals surface area contributed by atoms with Gasteiger partial charge >= 0.3 is 0 Å². The van der Waals surface area contributed by atoms with Crippen molar-refractivity contribution < 1.29 is 9.18 Å². The van der Waals surface area contributed by atoms with Gasteiger partial charge in [-0.1, -0.05) is 0 Å². The molecule has 0 fully saturated rings. The zero-order valence-corrected chi connectivity index (χ0v) is 10.2. The minimum Gasteiger partial charge on any atom is -0.375 e. The molecular weight excluding hydrogens is 247 g/mol. The minimum absolute atomic E-state index is 0.0314. The summed E-state index contributed by atoms with van der Waals surface area (Å²) in [6, 6.07) is 3.10. The van der Waals surface area contributed by atoms with E-state index in [0.717, 1.165) is 11.4 Å². The summed E-state index contributed by atoms with van der Waals surface area (Å²) in [6.07, 6.45) is 4.34. The molecule has 1 aromatic heterocycles. The maximum Gasteiger partial charge on any atom is 0.224 e. The van der Waals surface area contributed by atoms with E-state index >= 15 is 0 Å². The van der Waals surface area contributed by atoms with Crippen LogP contribution in [0.2, 0.25) is 0 Å². The molecule has 0 saturated carbocycles. The van der Waals surface area contributed by atoms with Gasteiger partial charge in [0, 0.05) is 24.5 Å². The van der Waals surface area contributed by atoms with Gasteiger partial charge in [0.05, 0.1) is 12.2 Å². The molecule has 0 atom stereocenters. The topological polar surface area (TPSA) is 69.8 Å². The Morgan fingerprint density at radius 2 is 2.26 bits per heavy atom. The number of carbonyl (C=O) groups is 1. The van der Waals surface area contributed by atoms with E-state index in [9.17, 15) is 9.18 Å². The monoisotopic (exact) mass is 260 g/mol. The summed E-state index contributed by atoms with van der Waals surface area (Å²) in [5.74, 6) is 0.374. The first-order valence-electron chi connectivity index (χ1n) is 6.07. The first kappa shape index (κ1) is 11.7. The number of amides is 1. The van der Waals surface area contributed by atoms with Crippen molar-refractivity contribution in [2.75, 3.05) is 10.6 Å². The summed E-state index contributed by atoms with van der Waals surface area (Å²) in [6.45, 7) is 0.399. The number of aryl methyl sites for hydroxylation is 1. The average molecular weight is 260 g/mol. The fraction of sp³-hybridized carbons (Fsp3) is 0.231. The van der Waals surface area contributed by atoms with Gasteiger partial charge in [-0.2, -0.15) is 0 Å². The molecule has 0 aliphatic carbocycles. The Kier molecular flexibility index (Phi) is 2.91. The summed E-state index contributed by atoms with van der Waals surface area (Å²) in [5.41, 5.74) is 1.87. The van der Waals surface area contributed by atoms with Crippen molar-refractivity contribution in [2.24, 2.45) is 0 Å². The van der Waals surface area contributed by atoms with Crippen molar-refractivity contribution in [1.82, 2.24) is 9.97 Å². The van der Waals surface area contributed by atoms with Gasteiger partial charge in [0.15, 0.2) is 0 Å². The van der Waals surface area contributed by atoms with Crippen LogP contribution in [0.4, 0.5) is 15.8 Å². The summed E-state index contributed by atoms with van der Waals surface area (Å²) in [5, 5.41) is 5.71. The van der Waals surface area contributed by atoms with Crippen molar-refractivity contribution in [3.63, 3.8) is 0 Å². The average Bonchev–Trinajstić information content (AvgIpc) is 2.90. The Morgan fingerprint density at radius 1 is 1.37 bits per heavy atom. The van der Waals surface area contributed by atoms with Crippen molar-refractivity contribution in [2.45, 2.75) is 19.4 Å². The standard InChI is InChI=1S/C13H13FN4O/c14-9-5-8-1-2-13(19)18-10(8)6-11(9)17-7-12-15-3-4-16-12/h3-6,17H,1-2,7H2,(H,15,16)(H,18,19). The normalized spacial score (nSPS) is 13.8. The van der Waals surface area contributed by atoms with Gasteiger partial charge in [-0.15, -0.1) is 0 Å². The molecule has 3 N–H and O–H groups in total. The number of fused-ring (bicyclic) bond motifs is 1. The quantitative estimate of drug-likeness (QED) is 0.791. The summed E-state index contributed by atoms with van der Waals surface area (Å²) in [7, 11) is 0. The van der Waals surface area contributed by atoms with Crippen LogP contribution in [0.25, 0.3) is 0 Å². The molecule has 98 valence electrons. The minimum atomic E-state index is -0.318. The van der Waals surface area contributed by atoms with Crippen molar-refractivity contribution in [3.8, 4) is 0 Å². The van der Waals surface area contributed by atoms with E-state index in [1.807, 2.05) is 0 Å². The van der Waals surface area contributed by atoms with Crippen molar-refractivity contribution >= 4 is 17.3 Å². The van der Waals surface area contributed by atoms with E-state index in [-0.39, 0.29) is 11.7 Å². The molecular formula is C13H13FN4O. The molecule has 0 unspecified atom stereocenters. The third-order valence-corrected chi connectivity index (χ3v) is 3.09. The van der Waals surface area contributed by atoms with E-state index in [1.54, 1.807) is 18.5 Å². The largest absolute Gasteiger partial charge is 0.375 e. The van der Waals surface area contributed by atoms with E-state index in [0.29, 0.717) is 30.8 Å². The van der Waals surface area contributed by atoms with E-state index in [4.69, 9.17) is 0 Å². The molecule has 5 nitrogen and oxygen atoms in total. The molecule has 0 spiro atoms. The van der Waals surface area contributed by atoms with Gasteiger partial charge in [-0.3, -0.25) is 4.79 Å². The number of hydrogen-bond acceptors (Lipinski definition) is 3. The number of hydrogen-bond donors (Lipinski definition) is 3. The van der Waals surface area contributed by atoms with Crippen LogP contribution in [0.1, 0.15) is 17.8 Å². The molecule has 1 aliphatic heterocycles. The number of imidazole rings is 1. The summed E-state index contributed by atoms with van der Waals surface area (Å²) in [4.78, 5) is 18.3. The number of nitrogens with zero attached hydrogens (tertiary/aromatic N) is 1. The fourth-order valence-electron chi connectivity index (χ4n) is 2.11. The molecule has 2 aromatic rings. The second-order valence-electron chi connectivity index (χ2n) is 4.43. The van der Waals surface area contributed by atoms with Crippen LogP contribution < -0.4 is 10.6 Å². The Balaban J connectivity index is 1.81. The zero-order chi connectivity index (χ0) is 13.2. The molecule has 3 rings (SSSR count). The highest BCUT2D eigenvalue weighted by atomic mass is 19.1. The lowest BCUT2D eigenvalue weighted by Crippen LogP contribution is -2.19. The van der Waals surface area contributed by atoms with Gasteiger partial charge in [0.25, 0.3) is 0 Å². The van der Waals surface area contributed by atoms with Crippen LogP contribution in [0.5, 0.6) is 0 Å². The van der Waals surface area contributed by atoms with E-state index in [2.05, 4.69) is 20.6 Å². The van der Waals surface area contributed by atoms with Gasteiger partial charge in [-0.05, 0) is 24.1 Å². The molecule has 0 saturated heterocycles. The number of H-pyrrole nitrogens is 1. The number of anilines is 2. The van der Waals surface area contributed by atoms with Gasteiger partial charge in [-0.25, -0.2) is 9.37 Å². The number of benzene rings is 1. The Hall–Kier alpha value is -2.37. The molecule has 1 amide bonds. The number of halogens is 1. The molecule has 0 bridgehead atoms. The first-order chi connectivity index (χ1) is 9.22. The number of nitrogens with one attached hydrogen (secondary N) is 3. The van der Waals surface area contributed by atoms with Crippen LogP contribution >= 0.6 is 0 Å². The smallest absolute Gasteiger partial charge is 0.224 e. The van der Waals surface area contributed by atoms with Crippen molar-refractivity contribution in [1.29, 1.82) is 0 Å². The first-order valence-corrected chi connectivity index (χ1v) is 6.07. The highest BCUT2D eigenvalue weighted by Crippen LogP contribution is 2.28. The number of rotatable bonds is 3. The summed E-state index contributed by atoms with van der Waals surface area (Å²) >= 11 is 0. The Morgan fingerprint density at radius 3 is 3.05 bits per heavy atom. The van der Waals surface area contributed by atoms with Gasteiger partial charge < -0.3 is 15.6 Å². The van der Waals surface area contributed by atoms with Crippen LogP contribution in [0.3, 0.4) is 0 Å². The van der Waals surface area contributed by atoms with Crippen LogP contribution in [0.15, 0.2) is 24.5 Å². The van der Waals surface area contributed by atoms with E-state index in [1.165, 1.54) is 6.07 Å². The predicted molar refractivity (Wildman–Crippen MR) is 69.3 cm³/mol. The lowest BCUT2D eigenvalue weighted by atomic mass is 10.0. The Labute approximate surface area is 109 Å². The van der Waals surface area contributed by atoms with E-state index < -0.39 is 0 Å². The van der Waals surface area contributed by atoms with Crippen molar-refractivity contribution in [3.05, 3.63) is 41.7 Å². The SMILES string of the molecule is O=C1CCc2cc(F)c(NCc3ncc[nH]3)cc2N1. The lowest BCUT2D eigenvalue weighted by Gasteiger charge is -2.18. The predicted octanol–water partition coefficient (Wildman–Crippen LogP) is 2.05. The fourth-order valence-corrected chi connectivity index (χ4v) is 2.11. The number of aromatic amines is 1. The molecule has 6 heteroatoms. The Bertz CT molecular complexity index is 609. The third-order valence-electron chi connectivity index (χ3n) is 3.09. The summed E-state index contributed by atoms with van der Waals surface area (Å²) < 4.78 is 13.9. The molecule has 19 heavy (non-hydrogen) atoms. The molecule has 1 aliphatic rings.